The molecule has 1 aliphatic rings. The Morgan fingerprint density at radius 1 is 1.32 bits per heavy atom. The number of nitrogens with one attached hydrogen (secondary N) is 1. The zero-order chi connectivity index (χ0) is 19.7. The van der Waals surface area contributed by atoms with Crippen molar-refractivity contribution in [3.8, 4) is 28.8 Å². The van der Waals surface area contributed by atoms with E-state index in [4.69, 9.17) is 13.9 Å². The fourth-order valence-corrected chi connectivity index (χ4v) is 3.50. The summed E-state index contributed by atoms with van der Waals surface area (Å²) in [4.78, 5) is 22.1. The van der Waals surface area contributed by atoms with Crippen molar-refractivity contribution in [1.29, 1.82) is 0 Å². The average Bonchev–Trinajstić information content (AvgIpc) is 3.22. The van der Waals surface area contributed by atoms with E-state index in [0.717, 1.165) is 17.8 Å². The minimum atomic E-state index is -0.156. The maximum absolute atomic E-state index is 12.6. The molecule has 0 unspecified atom stereocenters. The molecule has 0 radical (unpaired) electrons. The molecule has 4 rings (SSSR count). The summed E-state index contributed by atoms with van der Waals surface area (Å²) in [6.45, 7) is 1.79. The Balaban J connectivity index is 1.57. The fraction of sp³-hybridized carbons (Fsp3) is 0.300. The molecule has 0 spiro atoms. The molecule has 0 amide bonds. The first-order chi connectivity index (χ1) is 13.6. The van der Waals surface area contributed by atoms with Gasteiger partial charge >= 0.3 is 0 Å². The normalized spacial score (nSPS) is 13.9. The van der Waals surface area contributed by atoms with E-state index in [2.05, 4.69) is 14.9 Å². The van der Waals surface area contributed by atoms with Crippen molar-refractivity contribution in [1.82, 2.24) is 14.9 Å². The maximum Gasteiger partial charge on any atom is 0.256 e. The zero-order valence-electron chi connectivity index (χ0n) is 15.7. The van der Waals surface area contributed by atoms with Gasteiger partial charge in [0.2, 0.25) is 5.75 Å². The van der Waals surface area contributed by atoms with Crippen molar-refractivity contribution >= 4 is 0 Å². The summed E-state index contributed by atoms with van der Waals surface area (Å²) in [6, 6.07) is 7.01. The van der Waals surface area contributed by atoms with Crippen LogP contribution in [0.15, 0.2) is 39.7 Å². The number of aromatic amines is 1. The number of methoxy groups -OCH3 is 2. The summed E-state index contributed by atoms with van der Waals surface area (Å²) in [5, 5.41) is 10.2. The van der Waals surface area contributed by atoms with Gasteiger partial charge in [-0.3, -0.25) is 9.69 Å². The van der Waals surface area contributed by atoms with Gasteiger partial charge in [0.1, 0.15) is 0 Å². The molecule has 0 saturated heterocycles. The van der Waals surface area contributed by atoms with E-state index < -0.39 is 0 Å². The Morgan fingerprint density at radius 3 is 2.89 bits per heavy atom. The Hall–Kier alpha value is -3.26. The quantitative estimate of drug-likeness (QED) is 0.697. The van der Waals surface area contributed by atoms with Crippen LogP contribution >= 0.6 is 0 Å². The molecule has 28 heavy (non-hydrogen) atoms. The molecule has 146 valence electrons. The number of aromatic nitrogens is 2. The SMILES string of the molecule is COc1cc(CN2CCc3nc(-c4ccco4)[nH]c(=O)c3C2)cc(O)c1OC. The Kier molecular flexibility index (Phi) is 4.79. The zero-order valence-corrected chi connectivity index (χ0v) is 15.7. The summed E-state index contributed by atoms with van der Waals surface area (Å²) < 4.78 is 15.8. The molecule has 8 heteroatoms. The molecular formula is C20H21N3O5. The number of rotatable bonds is 5. The number of phenolic OH excluding ortho intramolecular Hbond substituents is 1. The van der Waals surface area contributed by atoms with Gasteiger partial charge in [-0.1, -0.05) is 0 Å². The van der Waals surface area contributed by atoms with Crippen molar-refractivity contribution in [2.45, 2.75) is 19.5 Å². The van der Waals surface area contributed by atoms with E-state index in [0.29, 0.717) is 48.2 Å². The molecule has 2 N–H and O–H groups in total. The summed E-state index contributed by atoms with van der Waals surface area (Å²) in [5.74, 6) is 1.80. The van der Waals surface area contributed by atoms with Crippen LogP contribution in [0.4, 0.5) is 0 Å². The lowest BCUT2D eigenvalue weighted by Crippen LogP contribution is -2.35. The van der Waals surface area contributed by atoms with Crippen LogP contribution in [0.5, 0.6) is 17.2 Å². The van der Waals surface area contributed by atoms with Gasteiger partial charge in [-0.15, -0.1) is 0 Å². The highest BCUT2D eigenvalue weighted by Crippen LogP contribution is 2.37. The molecule has 1 aliphatic heterocycles. The van der Waals surface area contributed by atoms with Gasteiger partial charge in [-0.2, -0.15) is 0 Å². The smallest absolute Gasteiger partial charge is 0.256 e. The molecule has 0 aliphatic carbocycles. The number of benzene rings is 1. The largest absolute Gasteiger partial charge is 0.504 e. The number of H-pyrrole nitrogens is 1. The number of furan rings is 1. The number of aromatic hydroxyl groups is 1. The van der Waals surface area contributed by atoms with Crippen LogP contribution in [0.3, 0.4) is 0 Å². The first-order valence-electron chi connectivity index (χ1n) is 8.91. The first kappa shape index (κ1) is 18.1. The highest BCUT2D eigenvalue weighted by Gasteiger charge is 2.23. The summed E-state index contributed by atoms with van der Waals surface area (Å²) >= 11 is 0. The van der Waals surface area contributed by atoms with Crippen molar-refractivity contribution in [3.05, 3.63) is 57.7 Å². The number of phenols is 1. The van der Waals surface area contributed by atoms with Crippen LogP contribution in [0.25, 0.3) is 11.6 Å². The second-order valence-electron chi connectivity index (χ2n) is 6.63. The van der Waals surface area contributed by atoms with Gasteiger partial charge in [0, 0.05) is 26.1 Å². The first-order valence-corrected chi connectivity index (χ1v) is 8.91. The molecule has 0 atom stereocenters. The van der Waals surface area contributed by atoms with Crippen LogP contribution in [0, 0.1) is 0 Å². The molecular weight excluding hydrogens is 362 g/mol. The van der Waals surface area contributed by atoms with Crippen LogP contribution in [-0.4, -0.2) is 40.7 Å². The Labute approximate surface area is 161 Å². The summed E-state index contributed by atoms with van der Waals surface area (Å²) in [5.41, 5.74) is 2.17. The molecule has 3 aromatic rings. The molecule has 3 heterocycles. The molecule has 8 nitrogen and oxygen atoms in total. The number of nitrogens with zero attached hydrogens (tertiary/aromatic N) is 2. The van der Waals surface area contributed by atoms with E-state index >= 15 is 0 Å². The number of hydrogen-bond acceptors (Lipinski definition) is 7. The molecule has 1 aromatic carbocycles. The van der Waals surface area contributed by atoms with Gasteiger partial charge in [0.05, 0.1) is 31.7 Å². The van der Waals surface area contributed by atoms with Gasteiger partial charge in [0.25, 0.3) is 5.56 Å². The standard InChI is InChI=1S/C20H21N3O5/c1-26-17-9-12(8-15(24)18(17)27-2)10-23-6-5-14-13(11-23)20(25)22-19(21-14)16-4-3-7-28-16/h3-4,7-9,24H,5-6,10-11H2,1-2H3,(H,21,22,25). The molecule has 0 saturated carbocycles. The number of fused-ring (bicyclic) bond motifs is 1. The van der Waals surface area contributed by atoms with Crippen LogP contribution in [-0.2, 0) is 19.5 Å². The lowest BCUT2D eigenvalue weighted by Gasteiger charge is -2.28. The van der Waals surface area contributed by atoms with E-state index in [1.165, 1.54) is 14.2 Å². The van der Waals surface area contributed by atoms with E-state index in [-0.39, 0.29) is 11.3 Å². The second-order valence-corrected chi connectivity index (χ2v) is 6.63. The predicted molar refractivity (Wildman–Crippen MR) is 102 cm³/mol. The van der Waals surface area contributed by atoms with Crippen molar-refractivity contribution < 1.29 is 19.0 Å². The van der Waals surface area contributed by atoms with Crippen molar-refractivity contribution in [2.24, 2.45) is 0 Å². The van der Waals surface area contributed by atoms with E-state index in [9.17, 15) is 9.90 Å². The van der Waals surface area contributed by atoms with Crippen LogP contribution in [0.2, 0.25) is 0 Å². The summed E-state index contributed by atoms with van der Waals surface area (Å²) in [7, 11) is 3.01. The van der Waals surface area contributed by atoms with Crippen LogP contribution < -0.4 is 15.0 Å². The maximum atomic E-state index is 12.6. The lowest BCUT2D eigenvalue weighted by molar-refractivity contribution is 0.240. The number of hydrogen-bond donors (Lipinski definition) is 2. The lowest BCUT2D eigenvalue weighted by atomic mass is 10.1. The van der Waals surface area contributed by atoms with Crippen molar-refractivity contribution in [2.75, 3.05) is 20.8 Å². The minimum Gasteiger partial charge on any atom is -0.504 e. The van der Waals surface area contributed by atoms with E-state index in [1.807, 2.05) is 6.07 Å². The average molecular weight is 383 g/mol. The summed E-state index contributed by atoms with van der Waals surface area (Å²) in [6.07, 6.45) is 2.21. The monoisotopic (exact) mass is 383 g/mol. The highest BCUT2D eigenvalue weighted by atomic mass is 16.5. The Morgan fingerprint density at radius 2 is 2.18 bits per heavy atom. The van der Waals surface area contributed by atoms with Crippen molar-refractivity contribution in [3.63, 3.8) is 0 Å². The van der Waals surface area contributed by atoms with Gasteiger partial charge in [-0.25, -0.2) is 4.98 Å². The van der Waals surface area contributed by atoms with E-state index in [1.54, 1.807) is 24.5 Å². The third-order valence-corrected chi connectivity index (χ3v) is 4.83. The fourth-order valence-electron chi connectivity index (χ4n) is 3.50. The number of ether oxygens (including phenoxy) is 2. The predicted octanol–water partition coefficient (Wildman–Crippen LogP) is 2.31. The van der Waals surface area contributed by atoms with Gasteiger partial charge in [0.15, 0.2) is 23.1 Å². The van der Waals surface area contributed by atoms with Gasteiger partial charge < -0.3 is 24.0 Å². The van der Waals surface area contributed by atoms with Crippen LogP contribution in [0.1, 0.15) is 16.8 Å². The molecule has 2 aromatic heterocycles. The molecule has 0 fully saturated rings. The Bertz CT molecular complexity index is 1040. The second kappa shape index (κ2) is 7.40. The van der Waals surface area contributed by atoms with Gasteiger partial charge in [-0.05, 0) is 29.8 Å². The minimum absolute atomic E-state index is 0.0249. The highest BCUT2D eigenvalue weighted by molar-refractivity contribution is 5.53. The topological polar surface area (TPSA) is 101 Å². The third-order valence-electron chi connectivity index (χ3n) is 4.83. The molecule has 0 bridgehead atoms. The third kappa shape index (κ3) is 3.34.